The van der Waals surface area contributed by atoms with E-state index in [0.29, 0.717) is 11.6 Å². The smallest absolute Gasteiger partial charge is 0.233 e. The first kappa shape index (κ1) is 19.6. The van der Waals surface area contributed by atoms with E-state index in [1.807, 2.05) is 31.2 Å². The number of nitrogens with zero attached hydrogens (tertiary/aromatic N) is 3. The highest BCUT2D eigenvalue weighted by Gasteiger charge is 2.42. The van der Waals surface area contributed by atoms with Gasteiger partial charge in [0.1, 0.15) is 17.1 Å². The zero-order valence-electron chi connectivity index (χ0n) is 15.8. The molecule has 152 valence electrons. The highest BCUT2D eigenvalue weighted by atomic mass is 32.2. The van der Waals surface area contributed by atoms with Gasteiger partial charge in [-0.2, -0.15) is 0 Å². The summed E-state index contributed by atoms with van der Waals surface area (Å²) in [5.41, 5.74) is 2.87. The first-order chi connectivity index (χ1) is 13.9. The number of imidazole rings is 1. The minimum atomic E-state index is -3.77. The number of carbonyl (C=O) groups is 1. The van der Waals surface area contributed by atoms with E-state index >= 15 is 0 Å². The van der Waals surface area contributed by atoms with Crippen LogP contribution in [0.1, 0.15) is 11.4 Å². The number of hydroxylamine groups is 2. The Morgan fingerprint density at radius 3 is 2.66 bits per heavy atom. The third-order valence-corrected chi connectivity index (χ3v) is 7.46. The van der Waals surface area contributed by atoms with Gasteiger partial charge in [0.25, 0.3) is 0 Å². The molecule has 2 atom stereocenters. The second-order valence-corrected chi connectivity index (χ2v) is 9.22. The van der Waals surface area contributed by atoms with Crippen LogP contribution in [0, 0.1) is 6.92 Å². The molecule has 2 heterocycles. The Labute approximate surface area is 168 Å². The molecule has 0 radical (unpaired) electrons. The van der Waals surface area contributed by atoms with Crippen LogP contribution in [0.25, 0.3) is 11.0 Å². The van der Waals surface area contributed by atoms with Gasteiger partial charge in [0.2, 0.25) is 6.41 Å². The highest BCUT2D eigenvalue weighted by molar-refractivity contribution is 7.92. The van der Waals surface area contributed by atoms with Crippen molar-refractivity contribution < 1.29 is 23.2 Å². The lowest BCUT2D eigenvalue weighted by molar-refractivity contribution is -0.159. The van der Waals surface area contributed by atoms with Crippen molar-refractivity contribution in [3.63, 3.8) is 0 Å². The number of benzene rings is 2. The van der Waals surface area contributed by atoms with Crippen molar-refractivity contribution in [1.29, 1.82) is 0 Å². The SMILES string of the molecule is Cc1nc2ccccc2n1Cc1ccc(S(=O)(=O)C2COCC2N(O)C=O)cc1. The van der Waals surface area contributed by atoms with Crippen molar-refractivity contribution in [3.8, 4) is 0 Å². The number of hydrogen-bond acceptors (Lipinski definition) is 6. The number of hydrogen-bond donors (Lipinski definition) is 1. The fourth-order valence-corrected chi connectivity index (χ4v) is 5.44. The van der Waals surface area contributed by atoms with E-state index in [9.17, 15) is 18.4 Å². The quantitative estimate of drug-likeness (QED) is 0.374. The lowest BCUT2D eigenvalue weighted by atomic mass is 10.2. The van der Waals surface area contributed by atoms with Crippen LogP contribution in [0.5, 0.6) is 0 Å². The summed E-state index contributed by atoms with van der Waals surface area (Å²) in [5.74, 6) is 0.880. The third-order valence-electron chi connectivity index (χ3n) is 5.28. The van der Waals surface area contributed by atoms with Crippen LogP contribution < -0.4 is 0 Å². The second-order valence-electron chi connectivity index (χ2n) is 7.05. The van der Waals surface area contributed by atoms with Gasteiger partial charge in [-0.05, 0) is 36.8 Å². The predicted octanol–water partition coefficient (Wildman–Crippen LogP) is 1.78. The second kappa shape index (κ2) is 7.58. The molecule has 2 aromatic carbocycles. The largest absolute Gasteiger partial charge is 0.378 e. The van der Waals surface area contributed by atoms with Gasteiger partial charge < -0.3 is 9.30 Å². The molecule has 1 N–H and O–H groups in total. The number of aromatic nitrogens is 2. The van der Waals surface area contributed by atoms with Crippen molar-refractivity contribution in [2.75, 3.05) is 13.2 Å². The van der Waals surface area contributed by atoms with Crippen LogP contribution in [0.15, 0.2) is 53.4 Å². The van der Waals surface area contributed by atoms with Crippen LogP contribution in [0.4, 0.5) is 0 Å². The van der Waals surface area contributed by atoms with Crippen LogP contribution in [-0.4, -0.2) is 59.2 Å². The Morgan fingerprint density at radius 2 is 1.93 bits per heavy atom. The average molecular weight is 415 g/mol. The number of ether oxygens (including phenoxy) is 1. The molecule has 1 fully saturated rings. The van der Waals surface area contributed by atoms with E-state index in [4.69, 9.17) is 4.74 Å². The van der Waals surface area contributed by atoms with Gasteiger partial charge in [-0.25, -0.2) is 18.5 Å². The van der Waals surface area contributed by atoms with E-state index in [2.05, 4.69) is 9.55 Å². The topological polar surface area (TPSA) is 102 Å². The van der Waals surface area contributed by atoms with Gasteiger partial charge in [-0.1, -0.05) is 24.3 Å². The van der Waals surface area contributed by atoms with Crippen LogP contribution in [-0.2, 0) is 25.9 Å². The summed E-state index contributed by atoms with van der Waals surface area (Å²) in [4.78, 5) is 15.5. The van der Waals surface area contributed by atoms with Crippen LogP contribution >= 0.6 is 0 Å². The molecule has 8 nitrogen and oxygen atoms in total. The normalized spacial score (nSPS) is 19.5. The van der Waals surface area contributed by atoms with Crippen molar-refractivity contribution in [1.82, 2.24) is 14.6 Å². The Morgan fingerprint density at radius 1 is 1.21 bits per heavy atom. The summed E-state index contributed by atoms with van der Waals surface area (Å²) >= 11 is 0. The highest BCUT2D eigenvalue weighted by Crippen LogP contribution is 2.26. The van der Waals surface area contributed by atoms with Crippen molar-refractivity contribution in [3.05, 3.63) is 59.9 Å². The Bertz CT molecular complexity index is 1140. The number of amides is 1. The lowest BCUT2D eigenvalue weighted by Gasteiger charge is -2.22. The minimum Gasteiger partial charge on any atom is -0.378 e. The average Bonchev–Trinajstić information content (AvgIpc) is 3.34. The Kier molecular flexibility index (Phi) is 5.12. The number of carbonyl (C=O) groups excluding carboxylic acids is 1. The fraction of sp³-hybridized carbons (Fsp3) is 0.300. The van der Waals surface area contributed by atoms with E-state index in [1.165, 1.54) is 0 Å². The summed E-state index contributed by atoms with van der Waals surface area (Å²) in [5, 5.41) is 9.01. The first-order valence-corrected chi connectivity index (χ1v) is 10.7. The molecule has 29 heavy (non-hydrogen) atoms. The van der Waals surface area contributed by atoms with Gasteiger partial charge >= 0.3 is 0 Å². The molecule has 0 spiro atoms. The van der Waals surface area contributed by atoms with E-state index in [-0.39, 0.29) is 24.5 Å². The molecule has 1 amide bonds. The maximum absolute atomic E-state index is 13.0. The number of fused-ring (bicyclic) bond motifs is 1. The number of rotatable bonds is 6. The Balaban J connectivity index is 1.59. The zero-order chi connectivity index (χ0) is 20.6. The molecule has 1 saturated heterocycles. The predicted molar refractivity (Wildman–Crippen MR) is 105 cm³/mol. The molecular weight excluding hydrogens is 394 g/mol. The maximum atomic E-state index is 13.0. The molecule has 0 bridgehead atoms. The van der Waals surface area contributed by atoms with Gasteiger partial charge in [0.05, 0.1) is 29.1 Å². The van der Waals surface area contributed by atoms with E-state index < -0.39 is 21.1 Å². The zero-order valence-corrected chi connectivity index (χ0v) is 16.6. The molecule has 1 aliphatic heterocycles. The van der Waals surface area contributed by atoms with Crippen molar-refractivity contribution in [2.45, 2.75) is 29.7 Å². The summed E-state index contributed by atoms with van der Waals surface area (Å²) in [6.07, 6.45) is 0.197. The molecule has 9 heteroatoms. The molecule has 2 unspecified atom stereocenters. The van der Waals surface area contributed by atoms with Crippen molar-refractivity contribution >= 4 is 27.3 Å². The van der Waals surface area contributed by atoms with Crippen LogP contribution in [0.3, 0.4) is 0 Å². The molecule has 0 saturated carbocycles. The standard InChI is InChI=1S/C20H21N3O5S/c1-14-21-17-4-2-3-5-18(17)22(14)10-15-6-8-16(9-7-15)29(26,27)20-12-28-11-19(20)23(25)13-24/h2-9,13,19-20,25H,10-12H2,1H3. The van der Waals surface area contributed by atoms with Crippen LogP contribution in [0.2, 0.25) is 0 Å². The molecule has 0 aliphatic carbocycles. The maximum Gasteiger partial charge on any atom is 0.233 e. The number of aryl methyl sites for hydroxylation is 1. The minimum absolute atomic E-state index is 0.0236. The molecule has 1 aromatic heterocycles. The fourth-order valence-electron chi connectivity index (χ4n) is 3.68. The van der Waals surface area contributed by atoms with E-state index in [0.717, 1.165) is 22.4 Å². The van der Waals surface area contributed by atoms with Crippen molar-refractivity contribution in [2.24, 2.45) is 0 Å². The first-order valence-electron chi connectivity index (χ1n) is 9.17. The molecular formula is C20H21N3O5S. The molecule has 1 aliphatic rings. The molecule has 4 rings (SSSR count). The van der Waals surface area contributed by atoms with Gasteiger partial charge in [-0.3, -0.25) is 10.0 Å². The third kappa shape index (κ3) is 3.52. The Hall–Kier alpha value is -2.75. The molecule has 3 aromatic rings. The lowest BCUT2D eigenvalue weighted by Crippen LogP contribution is -2.44. The number of para-hydroxylation sites is 2. The van der Waals surface area contributed by atoms with E-state index in [1.54, 1.807) is 24.3 Å². The number of sulfone groups is 1. The summed E-state index contributed by atoms with van der Waals surface area (Å²) in [6.45, 7) is 2.41. The van der Waals surface area contributed by atoms with Gasteiger partial charge in [0, 0.05) is 6.54 Å². The summed E-state index contributed by atoms with van der Waals surface area (Å²) in [7, 11) is -3.77. The summed E-state index contributed by atoms with van der Waals surface area (Å²) in [6, 6.07) is 13.6. The summed E-state index contributed by atoms with van der Waals surface area (Å²) < 4.78 is 33.2. The van der Waals surface area contributed by atoms with Gasteiger partial charge in [-0.15, -0.1) is 0 Å². The van der Waals surface area contributed by atoms with Gasteiger partial charge in [0.15, 0.2) is 9.84 Å². The monoisotopic (exact) mass is 415 g/mol.